The van der Waals surface area contributed by atoms with Crippen LogP contribution in [0.2, 0.25) is 0 Å². The Balaban J connectivity index is 2.12. The number of nitrogens with zero attached hydrogens (tertiary/aromatic N) is 1. The number of ether oxygens (including phenoxy) is 1. The summed E-state index contributed by atoms with van der Waals surface area (Å²) in [5.41, 5.74) is 2.23. The normalized spacial score (nSPS) is 12.4. The molecule has 1 N–H and O–H groups in total. The maximum Gasteiger partial charge on any atom is 0.251 e. The van der Waals surface area contributed by atoms with E-state index in [9.17, 15) is 9.59 Å². The van der Waals surface area contributed by atoms with E-state index in [0.29, 0.717) is 18.2 Å². The smallest absolute Gasteiger partial charge is 0.251 e. The first kappa shape index (κ1) is 18.1. The molecule has 128 valence electrons. The third-order valence-electron chi connectivity index (χ3n) is 4.02. The SMILES string of the molecule is COCc1nc(C(=O)C[C@H](C)c2ccc(C(C)C)cc2)cc(=O)[nH]1. The van der Waals surface area contributed by atoms with Crippen molar-refractivity contribution >= 4 is 5.78 Å². The topological polar surface area (TPSA) is 72.0 Å². The number of H-pyrrole nitrogens is 1. The largest absolute Gasteiger partial charge is 0.377 e. The van der Waals surface area contributed by atoms with Crippen LogP contribution >= 0.6 is 0 Å². The Morgan fingerprint density at radius 3 is 2.38 bits per heavy atom. The zero-order chi connectivity index (χ0) is 17.7. The zero-order valence-electron chi connectivity index (χ0n) is 14.6. The number of benzene rings is 1. The number of hydrogen-bond donors (Lipinski definition) is 1. The van der Waals surface area contributed by atoms with Gasteiger partial charge in [0, 0.05) is 19.6 Å². The molecule has 0 bridgehead atoms. The predicted molar refractivity (Wildman–Crippen MR) is 93.5 cm³/mol. The molecule has 0 aliphatic rings. The summed E-state index contributed by atoms with van der Waals surface area (Å²) >= 11 is 0. The molecule has 0 radical (unpaired) electrons. The van der Waals surface area contributed by atoms with Gasteiger partial charge in [-0.25, -0.2) is 4.98 Å². The summed E-state index contributed by atoms with van der Waals surface area (Å²) in [4.78, 5) is 30.8. The van der Waals surface area contributed by atoms with Crippen LogP contribution < -0.4 is 5.56 Å². The molecule has 0 spiro atoms. The van der Waals surface area contributed by atoms with Crippen LogP contribution in [0.5, 0.6) is 0 Å². The van der Waals surface area contributed by atoms with E-state index in [1.807, 2.05) is 6.92 Å². The van der Waals surface area contributed by atoms with Crippen LogP contribution in [0.1, 0.15) is 66.5 Å². The highest BCUT2D eigenvalue weighted by atomic mass is 16.5. The summed E-state index contributed by atoms with van der Waals surface area (Å²) in [6.45, 7) is 6.48. The fraction of sp³-hybridized carbons (Fsp3) is 0.421. The average Bonchev–Trinajstić information content (AvgIpc) is 2.54. The lowest BCUT2D eigenvalue weighted by Gasteiger charge is -2.13. The van der Waals surface area contributed by atoms with Gasteiger partial charge in [0.05, 0.1) is 0 Å². The molecule has 24 heavy (non-hydrogen) atoms. The number of aromatic amines is 1. The lowest BCUT2D eigenvalue weighted by Crippen LogP contribution is -2.17. The molecule has 0 amide bonds. The maximum absolute atomic E-state index is 12.5. The van der Waals surface area contributed by atoms with Gasteiger partial charge in [-0.3, -0.25) is 9.59 Å². The maximum atomic E-state index is 12.5. The fourth-order valence-electron chi connectivity index (χ4n) is 2.57. The van der Waals surface area contributed by atoms with Gasteiger partial charge < -0.3 is 9.72 Å². The number of carbonyl (C=O) groups excluding carboxylic acids is 1. The molecule has 0 aliphatic carbocycles. The number of carbonyl (C=O) groups is 1. The Bertz CT molecular complexity index is 748. The lowest BCUT2D eigenvalue weighted by atomic mass is 9.92. The summed E-state index contributed by atoms with van der Waals surface area (Å²) in [6.07, 6.45) is 0.309. The second-order valence-corrected chi connectivity index (χ2v) is 6.36. The van der Waals surface area contributed by atoms with Crippen molar-refractivity contribution in [3.63, 3.8) is 0 Å². The summed E-state index contributed by atoms with van der Waals surface area (Å²) in [7, 11) is 1.51. The van der Waals surface area contributed by atoms with E-state index in [1.54, 1.807) is 0 Å². The Kier molecular flexibility index (Phi) is 6.04. The number of Topliss-reactive ketones (excluding diaryl/α,β-unsaturated/α-hetero) is 1. The minimum absolute atomic E-state index is 0.0608. The Hall–Kier alpha value is -2.27. The first-order chi connectivity index (χ1) is 11.4. The molecule has 1 atom stereocenters. The van der Waals surface area contributed by atoms with E-state index in [2.05, 4.69) is 48.1 Å². The molecule has 2 aromatic rings. The highest BCUT2D eigenvalue weighted by molar-refractivity contribution is 5.94. The van der Waals surface area contributed by atoms with Gasteiger partial charge in [0.1, 0.15) is 18.1 Å². The monoisotopic (exact) mass is 328 g/mol. The van der Waals surface area contributed by atoms with Gasteiger partial charge >= 0.3 is 0 Å². The van der Waals surface area contributed by atoms with E-state index in [-0.39, 0.29) is 29.6 Å². The van der Waals surface area contributed by atoms with E-state index in [1.165, 1.54) is 18.7 Å². The highest BCUT2D eigenvalue weighted by Crippen LogP contribution is 2.23. The Labute approximate surface area is 142 Å². The van der Waals surface area contributed by atoms with E-state index in [0.717, 1.165) is 5.56 Å². The standard InChI is InChI=1S/C19H24N2O3/c1-12(2)14-5-7-15(8-6-14)13(3)9-17(22)16-10-19(23)21-18(20-16)11-24-4/h5-8,10,12-13H,9,11H2,1-4H3,(H,20,21,23)/t13-/m0/s1. The number of methoxy groups -OCH3 is 1. The summed E-state index contributed by atoms with van der Waals surface area (Å²) in [6, 6.07) is 9.58. The quantitative estimate of drug-likeness (QED) is 0.791. The first-order valence-corrected chi connectivity index (χ1v) is 8.13. The van der Waals surface area contributed by atoms with Crippen LogP contribution in [-0.2, 0) is 11.3 Å². The molecule has 0 unspecified atom stereocenters. The molecule has 0 saturated carbocycles. The van der Waals surface area contributed by atoms with Crippen LogP contribution in [0, 0.1) is 0 Å². The molecule has 0 aliphatic heterocycles. The summed E-state index contributed by atoms with van der Waals surface area (Å²) in [5.74, 6) is 0.766. The number of rotatable bonds is 7. The van der Waals surface area contributed by atoms with Crippen LogP contribution in [-0.4, -0.2) is 22.9 Å². The van der Waals surface area contributed by atoms with Crippen molar-refractivity contribution in [2.45, 2.75) is 45.6 Å². The molecule has 1 aromatic carbocycles. The zero-order valence-corrected chi connectivity index (χ0v) is 14.6. The Morgan fingerprint density at radius 2 is 1.79 bits per heavy atom. The van der Waals surface area contributed by atoms with Crippen molar-refractivity contribution in [1.29, 1.82) is 0 Å². The van der Waals surface area contributed by atoms with Crippen molar-refractivity contribution in [3.8, 4) is 0 Å². The van der Waals surface area contributed by atoms with Gasteiger partial charge in [0.15, 0.2) is 5.78 Å². The second-order valence-electron chi connectivity index (χ2n) is 6.36. The van der Waals surface area contributed by atoms with Gasteiger partial charge in [0.25, 0.3) is 5.56 Å². The third kappa shape index (κ3) is 4.61. The van der Waals surface area contributed by atoms with E-state index < -0.39 is 0 Å². The van der Waals surface area contributed by atoms with Gasteiger partial charge in [-0.05, 0) is 23.0 Å². The first-order valence-electron chi connectivity index (χ1n) is 8.13. The Morgan fingerprint density at radius 1 is 1.17 bits per heavy atom. The van der Waals surface area contributed by atoms with Crippen LogP contribution in [0.25, 0.3) is 0 Å². The molecule has 2 rings (SSSR count). The van der Waals surface area contributed by atoms with Crippen LogP contribution in [0.4, 0.5) is 0 Å². The number of hydrogen-bond acceptors (Lipinski definition) is 4. The predicted octanol–water partition coefficient (Wildman–Crippen LogP) is 3.42. The van der Waals surface area contributed by atoms with E-state index >= 15 is 0 Å². The molecule has 1 aromatic heterocycles. The van der Waals surface area contributed by atoms with Crippen molar-refractivity contribution in [3.05, 3.63) is 63.3 Å². The minimum Gasteiger partial charge on any atom is -0.377 e. The van der Waals surface area contributed by atoms with Crippen LogP contribution in [0.15, 0.2) is 35.1 Å². The highest BCUT2D eigenvalue weighted by Gasteiger charge is 2.16. The third-order valence-corrected chi connectivity index (χ3v) is 4.02. The van der Waals surface area contributed by atoms with E-state index in [4.69, 9.17) is 4.74 Å². The van der Waals surface area contributed by atoms with Crippen molar-refractivity contribution in [1.82, 2.24) is 9.97 Å². The van der Waals surface area contributed by atoms with Crippen molar-refractivity contribution in [2.24, 2.45) is 0 Å². The summed E-state index contributed by atoms with van der Waals surface area (Å²) in [5, 5.41) is 0. The second kappa shape index (κ2) is 8.02. The minimum atomic E-state index is -0.339. The molecule has 5 heteroatoms. The lowest BCUT2D eigenvalue weighted by molar-refractivity contribution is 0.0969. The molecule has 0 saturated heterocycles. The molecule has 5 nitrogen and oxygen atoms in total. The molecule has 0 fully saturated rings. The van der Waals surface area contributed by atoms with Gasteiger partial charge in [-0.1, -0.05) is 45.0 Å². The number of nitrogens with one attached hydrogen (secondary N) is 1. The molecular formula is C19H24N2O3. The average molecular weight is 328 g/mol. The van der Waals surface area contributed by atoms with Gasteiger partial charge in [-0.15, -0.1) is 0 Å². The number of ketones is 1. The van der Waals surface area contributed by atoms with Crippen molar-refractivity contribution in [2.75, 3.05) is 7.11 Å². The number of aromatic nitrogens is 2. The van der Waals surface area contributed by atoms with Gasteiger partial charge in [0.2, 0.25) is 0 Å². The fourth-order valence-corrected chi connectivity index (χ4v) is 2.57. The van der Waals surface area contributed by atoms with Crippen LogP contribution in [0.3, 0.4) is 0 Å². The summed E-state index contributed by atoms with van der Waals surface area (Å²) < 4.78 is 4.95. The molecule has 1 heterocycles. The van der Waals surface area contributed by atoms with Gasteiger partial charge in [-0.2, -0.15) is 0 Å². The molecular weight excluding hydrogens is 304 g/mol. The van der Waals surface area contributed by atoms with Crippen molar-refractivity contribution < 1.29 is 9.53 Å².